The number of likely N-dealkylation sites (tertiary alicyclic amines) is 1. The maximum Gasteiger partial charge on any atom is 0.317 e. The molecular formula is C23H34N4O4. The van der Waals surface area contributed by atoms with E-state index in [9.17, 15) is 19.5 Å². The molecule has 2 saturated heterocycles. The summed E-state index contributed by atoms with van der Waals surface area (Å²) in [4.78, 5) is 41.6. The topological polar surface area (TPSA) is 93.2 Å². The molecule has 8 nitrogen and oxygen atoms in total. The van der Waals surface area contributed by atoms with Crippen LogP contribution >= 0.6 is 0 Å². The van der Waals surface area contributed by atoms with Gasteiger partial charge in [-0.2, -0.15) is 0 Å². The van der Waals surface area contributed by atoms with Gasteiger partial charge in [-0.3, -0.25) is 14.5 Å². The average Bonchev–Trinajstić information content (AvgIpc) is 2.77. The zero-order chi connectivity index (χ0) is 22.2. The number of carbonyl (C=O) groups is 3. The van der Waals surface area contributed by atoms with Crippen molar-refractivity contribution in [1.29, 1.82) is 0 Å². The molecule has 2 N–H and O–H groups in total. The maximum atomic E-state index is 12.7. The molecule has 0 spiro atoms. The van der Waals surface area contributed by atoms with E-state index in [1.54, 1.807) is 6.92 Å². The Bertz CT molecular complexity index is 749. The number of rotatable bonds is 7. The highest BCUT2D eigenvalue weighted by molar-refractivity contribution is 5.74. The van der Waals surface area contributed by atoms with Crippen LogP contribution in [0, 0.1) is 11.8 Å². The second kappa shape index (κ2) is 11.1. The van der Waals surface area contributed by atoms with Crippen LogP contribution in [0.1, 0.15) is 31.7 Å². The number of urea groups is 1. The number of hydrogen-bond acceptors (Lipinski definition) is 4. The van der Waals surface area contributed by atoms with E-state index in [2.05, 4.69) is 10.2 Å². The molecule has 2 heterocycles. The minimum Gasteiger partial charge on any atom is -0.481 e. The molecule has 1 aromatic rings. The van der Waals surface area contributed by atoms with Crippen molar-refractivity contribution in [3.63, 3.8) is 0 Å². The van der Waals surface area contributed by atoms with Crippen LogP contribution in [-0.4, -0.2) is 83.5 Å². The van der Waals surface area contributed by atoms with E-state index in [-0.39, 0.29) is 30.2 Å². The largest absolute Gasteiger partial charge is 0.481 e. The summed E-state index contributed by atoms with van der Waals surface area (Å²) in [5, 5.41) is 12.3. The number of carboxylic acids is 1. The van der Waals surface area contributed by atoms with Crippen molar-refractivity contribution < 1.29 is 19.5 Å². The Morgan fingerprint density at radius 2 is 1.71 bits per heavy atom. The fourth-order valence-corrected chi connectivity index (χ4v) is 4.61. The molecule has 8 heteroatoms. The van der Waals surface area contributed by atoms with E-state index in [4.69, 9.17) is 0 Å². The Hall–Kier alpha value is -2.61. The molecular weight excluding hydrogens is 396 g/mol. The fourth-order valence-electron chi connectivity index (χ4n) is 4.61. The first-order valence-corrected chi connectivity index (χ1v) is 11.2. The first-order valence-electron chi connectivity index (χ1n) is 11.2. The SMILES string of the molecule is CC(=O)N1CCN(CC[C@@H]2CN(C(=O)NCc3ccccc3)CC[C@H]2CC(=O)O)CC1. The van der Waals surface area contributed by atoms with Crippen molar-refractivity contribution in [3.8, 4) is 0 Å². The predicted octanol–water partition coefficient (Wildman–Crippen LogP) is 1.86. The summed E-state index contributed by atoms with van der Waals surface area (Å²) in [5.74, 6) is -0.398. The van der Waals surface area contributed by atoms with Gasteiger partial charge in [-0.05, 0) is 36.8 Å². The number of carboxylic acid groups (broad SMARTS) is 1. The van der Waals surface area contributed by atoms with Crippen molar-refractivity contribution in [2.24, 2.45) is 11.8 Å². The van der Waals surface area contributed by atoms with Crippen LogP contribution in [0.25, 0.3) is 0 Å². The Kier molecular flexibility index (Phi) is 8.28. The van der Waals surface area contributed by atoms with Crippen molar-refractivity contribution in [2.75, 3.05) is 45.8 Å². The third-order valence-corrected chi connectivity index (χ3v) is 6.54. The Balaban J connectivity index is 1.51. The number of nitrogens with one attached hydrogen (secondary N) is 1. The number of amides is 3. The van der Waals surface area contributed by atoms with E-state index in [0.717, 1.165) is 44.7 Å². The second-order valence-corrected chi connectivity index (χ2v) is 8.63. The van der Waals surface area contributed by atoms with Crippen LogP contribution in [0.15, 0.2) is 30.3 Å². The highest BCUT2D eigenvalue weighted by atomic mass is 16.4. The van der Waals surface area contributed by atoms with Crippen molar-refractivity contribution in [3.05, 3.63) is 35.9 Å². The highest BCUT2D eigenvalue weighted by Gasteiger charge is 2.33. The van der Waals surface area contributed by atoms with E-state index in [1.807, 2.05) is 40.1 Å². The molecule has 31 heavy (non-hydrogen) atoms. The minimum atomic E-state index is -0.771. The molecule has 2 aliphatic rings. The van der Waals surface area contributed by atoms with E-state index in [1.165, 1.54) is 0 Å². The summed E-state index contributed by atoms with van der Waals surface area (Å²) in [6, 6.07) is 9.72. The lowest BCUT2D eigenvalue weighted by molar-refractivity contribution is -0.139. The van der Waals surface area contributed by atoms with Gasteiger partial charge < -0.3 is 20.2 Å². The Morgan fingerprint density at radius 1 is 1.00 bits per heavy atom. The molecule has 0 aliphatic carbocycles. The number of nitrogens with zero attached hydrogens (tertiary/aromatic N) is 3. The molecule has 3 amide bonds. The Labute approximate surface area is 184 Å². The lowest BCUT2D eigenvalue weighted by atomic mass is 9.81. The number of carbonyl (C=O) groups excluding carboxylic acids is 2. The molecule has 0 saturated carbocycles. The monoisotopic (exact) mass is 430 g/mol. The third kappa shape index (κ3) is 6.95. The van der Waals surface area contributed by atoms with Crippen molar-refractivity contribution in [1.82, 2.24) is 20.0 Å². The third-order valence-electron chi connectivity index (χ3n) is 6.54. The lowest BCUT2D eigenvalue weighted by Gasteiger charge is -2.40. The van der Waals surface area contributed by atoms with Crippen molar-refractivity contribution >= 4 is 17.9 Å². The maximum absolute atomic E-state index is 12.7. The normalized spacial score (nSPS) is 22.2. The van der Waals surface area contributed by atoms with Gasteiger partial charge in [0.1, 0.15) is 0 Å². The summed E-state index contributed by atoms with van der Waals surface area (Å²) >= 11 is 0. The number of hydrogen-bond donors (Lipinski definition) is 2. The summed E-state index contributed by atoms with van der Waals surface area (Å²) in [6.45, 7) is 7.31. The second-order valence-electron chi connectivity index (χ2n) is 8.63. The van der Waals surface area contributed by atoms with Gasteiger partial charge in [0.05, 0.1) is 0 Å². The number of piperidine rings is 1. The van der Waals surface area contributed by atoms with Gasteiger partial charge in [0.25, 0.3) is 0 Å². The average molecular weight is 431 g/mol. The Morgan fingerprint density at radius 3 is 2.35 bits per heavy atom. The first-order chi connectivity index (χ1) is 14.9. The molecule has 0 aromatic heterocycles. The van der Waals surface area contributed by atoms with Gasteiger partial charge in [0.15, 0.2) is 0 Å². The van der Waals surface area contributed by atoms with E-state index in [0.29, 0.717) is 26.1 Å². The molecule has 1 aromatic carbocycles. The van der Waals surface area contributed by atoms with Gasteiger partial charge in [0.2, 0.25) is 5.91 Å². The molecule has 170 valence electrons. The predicted molar refractivity (Wildman–Crippen MR) is 117 cm³/mol. The number of aliphatic carboxylic acids is 1. The van der Waals surface area contributed by atoms with Crippen LogP contribution in [-0.2, 0) is 16.1 Å². The van der Waals surface area contributed by atoms with Crippen LogP contribution in [0.5, 0.6) is 0 Å². The van der Waals surface area contributed by atoms with E-state index >= 15 is 0 Å². The van der Waals surface area contributed by atoms with Gasteiger partial charge in [-0.25, -0.2) is 4.79 Å². The molecule has 0 radical (unpaired) electrons. The van der Waals surface area contributed by atoms with Gasteiger partial charge in [0, 0.05) is 59.2 Å². The zero-order valence-electron chi connectivity index (χ0n) is 18.3. The van der Waals surface area contributed by atoms with Crippen LogP contribution < -0.4 is 5.32 Å². The lowest BCUT2D eigenvalue weighted by Crippen LogP contribution is -2.50. The highest BCUT2D eigenvalue weighted by Crippen LogP contribution is 2.29. The molecule has 0 bridgehead atoms. The summed E-state index contributed by atoms with van der Waals surface area (Å²) in [5.41, 5.74) is 1.05. The quantitative estimate of drug-likeness (QED) is 0.689. The van der Waals surface area contributed by atoms with Crippen LogP contribution in [0.2, 0.25) is 0 Å². The first kappa shape index (κ1) is 23.1. The number of benzene rings is 1. The summed E-state index contributed by atoms with van der Waals surface area (Å²) in [6.07, 6.45) is 1.73. The van der Waals surface area contributed by atoms with Crippen molar-refractivity contribution in [2.45, 2.75) is 32.7 Å². The standard InChI is InChI=1S/C23H34N4O4/c1-18(28)26-13-11-25(12-14-26)9-7-21-17-27(10-8-20(21)15-22(29)30)23(31)24-16-19-5-3-2-4-6-19/h2-6,20-21H,7-17H2,1H3,(H,24,31)(H,29,30)/t20-,21+/m0/s1. The smallest absolute Gasteiger partial charge is 0.317 e. The van der Waals surface area contributed by atoms with E-state index < -0.39 is 5.97 Å². The molecule has 0 unspecified atom stereocenters. The van der Waals surface area contributed by atoms with Crippen LogP contribution in [0.3, 0.4) is 0 Å². The summed E-state index contributed by atoms with van der Waals surface area (Å²) in [7, 11) is 0. The number of piperazine rings is 1. The molecule has 2 fully saturated rings. The van der Waals surface area contributed by atoms with Crippen LogP contribution in [0.4, 0.5) is 4.79 Å². The molecule has 3 rings (SSSR count). The molecule has 2 atom stereocenters. The summed E-state index contributed by atoms with van der Waals surface area (Å²) < 4.78 is 0. The van der Waals surface area contributed by atoms with Gasteiger partial charge in [-0.15, -0.1) is 0 Å². The van der Waals surface area contributed by atoms with Gasteiger partial charge in [-0.1, -0.05) is 30.3 Å². The zero-order valence-corrected chi connectivity index (χ0v) is 18.3. The minimum absolute atomic E-state index is 0.0855. The molecule has 2 aliphatic heterocycles. The van der Waals surface area contributed by atoms with Gasteiger partial charge >= 0.3 is 12.0 Å². The fraction of sp³-hybridized carbons (Fsp3) is 0.609.